The van der Waals surface area contributed by atoms with Crippen molar-refractivity contribution in [2.24, 2.45) is 0 Å². The number of hydrogen-bond acceptors (Lipinski definition) is 6. The van der Waals surface area contributed by atoms with E-state index in [1.54, 1.807) is 12.1 Å². The number of carbonyl (C=O) groups is 3. The lowest BCUT2D eigenvalue weighted by Crippen LogP contribution is -2.49. The third-order valence-electron chi connectivity index (χ3n) is 6.05. The molecule has 33 heavy (non-hydrogen) atoms. The van der Waals surface area contributed by atoms with Crippen molar-refractivity contribution in [1.82, 2.24) is 4.31 Å². The fourth-order valence-corrected chi connectivity index (χ4v) is 6.55. The van der Waals surface area contributed by atoms with Crippen LogP contribution in [-0.4, -0.2) is 49.7 Å². The number of methoxy groups -OCH3 is 1. The molecule has 2 aliphatic rings. The molecule has 0 spiro atoms. The van der Waals surface area contributed by atoms with E-state index in [-0.39, 0.29) is 28.6 Å². The smallest absolute Gasteiger partial charge is 0.337 e. The maximum atomic E-state index is 13.6. The molecule has 8 nitrogen and oxygen atoms in total. The Labute approximate surface area is 200 Å². The van der Waals surface area contributed by atoms with Crippen molar-refractivity contribution in [2.75, 3.05) is 12.0 Å². The molecule has 0 radical (unpaired) electrons. The van der Waals surface area contributed by atoms with Crippen LogP contribution < -0.4 is 4.90 Å². The monoisotopic (exact) mass is 534 g/mol. The lowest BCUT2D eigenvalue weighted by Gasteiger charge is -2.32. The van der Waals surface area contributed by atoms with Crippen molar-refractivity contribution in [2.45, 2.75) is 49.1 Å². The van der Waals surface area contributed by atoms with Crippen LogP contribution >= 0.6 is 15.9 Å². The van der Waals surface area contributed by atoms with E-state index in [1.807, 2.05) is 0 Å². The highest BCUT2D eigenvalue weighted by atomic mass is 79.9. The van der Waals surface area contributed by atoms with Gasteiger partial charge in [0.05, 0.1) is 29.7 Å². The van der Waals surface area contributed by atoms with Crippen molar-refractivity contribution >= 4 is 49.4 Å². The van der Waals surface area contributed by atoms with Gasteiger partial charge in [-0.25, -0.2) is 18.1 Å². The molecule has 1 heterocycles. The molecular formula is C23H23BrN2O6S. The first-order chi connectivity index (χ1) is 15.7. The first kappa shape index (κ1) is 23.6. The van der Waals surface area contributed by atoms with E-state index < -0.39 is 33.8 Å². The van der Waals surface area contributed by atoms with Crippen LogP contribution in [0, 0.1) is 0 Å². The molecule has 2 aromatic carbocycles. The quantitative estimate of drug-likeness (QED) is 0.415. The SMILES string of the molecule is COC(=O)c1ccc(N2C(=O)CC(N(C3CCCC3)S(=O)(=O)c3ccc(Br)cc3)C2=O)cc1. The summed E-state index contributed by atoms with van der Waals surface area (Å²) in [5.41, 5.74) is 0.565. The summed E-state index contributed by atoms with van der Waals surface area (Å²) >= 11 is 3.31. The summed E-state index contributed by atoms with van der Waals surface area (Å²) in [6.07, 6.45) is 2.78. The zero-order chi connectivity index (χ0) is 23.8. The van der Waals surface area contributed by atoms with Crippen LogP contribution in [0.3, 0.4) is 0 Å². The third-order valence-corrected chi connectivity index (χ3v) is 8.55. The van der Waals surface area contributed by atoms with E-state index in [9.17, 15) is 22.8 Å². The molecule has 1 atom stereocenters. The number of rotatable bonds is 6. The fraction of sp³-hybridized carbons (Fsp3) is 0.348. The molecule has 1 aliphatic carbocycles. The van der Waals surface area contributed by atoms with Gasteiger partial charge in [-0.15, -0.1) is 0 Å². The number of esters is 1. The van der Waals surface area contributed by atoms with Crippen molar-refractivity contribution in [3.63, 3.8) is 0 Å². The third kappa shape index (κ3) is 4.47. The molecule has 0 bridgehead atoms. The lowest BCUT2D eigenvalue weighted by molar-refractivity contribution is -0.122. The number of hydrogen-bond donors (Lipinski definition) is 0. The lowest BCUT2D eigenvalue weighted by atomic mass is 10.1. The largest absolute Gasteiger partial charge is 0.465 e. The average molecular weight is 535 g/mol. The van der Waals surface area contributed by atoms with Crippen LogP contribution in [0.25, 0.3) is 0 Å². The Morgan fingerprint density at radius 2 is 1.64 bits per heavy atom. The van der Waals surface area contributed by atoms with Gasteiger partial charge in [0.25, 0.3) is 5.91 Å². The van der Waals surface area contributed by atoms with E-state index in [1.165, 1.54) is 47.8 Å². The minimum atomic E-state index is -4.02. The number of halogens is 1. The van der Waals surface area contributed by atoms with Gasteiger partial charge in [-0.1, -0.05) is 28.8 Å². The van der Waals surface area contributed by atoms with Crippen LogP contribution in [0.1, 0.15) is 42.5 Å². The van der Waals surface area contributed by atoms with E-state index in [0.29, 0.717) is 12.8 Å². The molecule has 4 rings (SSSR count). The molecule has 0 aromatic heterocycles. The minimum absolute atomic E-state index is 0.0822. The van der Waals surface area contributed by atoms with Crippen molar-refractivity contribution in [1.29, 1.82) is 0 Å². The molecule has 1 saturated heterocycles. The molecular weight excluding hydrogens is 512 g/mol. The van der Waals surface area contributed by atoms with Gasteiger partial charge in [-0.2, -0.15) is 4.31 Å². The number of anilines is 1. The second-order valence-corrected chi connectivity index (χ2v) is 10.8. The Kier molecular flexibility index (Phi) is 6.69. The molecule has 174 valence electrons. The van der Waals surface area contributed by atoms with Gasteiger partial charge in [0, 0.05) is 10.5 Å². The Balaban J connectivity index is 1.68. The van der Waals surface area contributed by atoms with Crippen LogP contribution in [0.5, 0.6) is 0 Å². The van der Waals surface area contributed by atoms with Gasteiger partial charge in [0.1, 0.15) is 6.04 Å². The maximum absolute atomic E-state index is 13.6. The van der Waals surface area contributed by atoms with Crippen LogP contribution in [-0.2, 0) is 24.3 Å². The Morgan fingerprint density at radius 3 is 2.21 bits per heavy atom. The highest BCUT2D eigenvalue weighted by Gasteiger charge is 2.49. The average Bonchev–Trinajstić information content (AvgIpc) is 3.42. The van der Waals surface area contributed by atoms with E-state index in [2.05, 4.69) is 20.7 Å². The first-order valence-corrected chi connectivity index (χ1v) is 12.8. The number of imide groups is 1. The van der Waals surface area contributed by atoms with Crippen LogP contribution in [0.15, 0.2) is 57.9 Å². The summed E-state index contributed by atoms with van der Waals surface area (Å²) in [6, 6.07) is 10.7. The zero-order valence-corrected chi connectivity index (χ0v) is 20.3. The maximum Gasteiger partial charge on any atom is 0.337 e. The van der Waals surface area contributed by atoms with Gasteiger partial charge in [-0.3, -0.25) is 9.59 Å². The number of amides is 2. The summed E-state index contributed by atoms with van der Waals surface area (Å²) < 4.78 is 34.0. The Morgan fingerprint density at radius 1 is 1.03 bits per heavy atom. The van der Waals surface area contributed by atoms with Gasteiger partial charge in [-0.05, 0) is 61.4 Å². The normalized spacial score (nSPS) is 19.5. The predicted molar refractivity (Wildman–Crippen MR) is 124 cm³/mol. The van der Waals surface area contributed by atoms with Gasteiger partial charge < -0.3 is 4.74 Å². The predicted octanol–water partition coefficient (Wildman–Crippen LogP) is 3.50. The topological polar surface area (TPSA) is 101 Å². The highest BCUT2D eigenvalue weighted by molar-refractivity contribution is 9.10. The molecule has 1 unspecified atom stereocenters. The molecule has 1 aliphatic heterocycles. The first-order valence-electron chi connectivity index (χ1n) is 10.6. The van der Waals surface area contributed by atoms with Gasteiger partial charge >= 0.3 is 5.97 Å². The molecule has 1 saturated carbocycles. The van der Waals surface area contributed by atoms with Crippen molar-refractivity contribution in [3.8, 4) is 0 Å². The summed E-state index contributed by atoms with van der Waals surface area (Å²) in [6.45, 7) is 0. The summed E-state index contributed by atoms with van der Waals surface area (Å²) in [5, 5.41) is 0. The van der Waals surface area contributed by atoms with Gasteiger partial charge in [0.15, 0.2) is 0 Å². The second-order valence-electron chi connectivity index (χ2n) is 8.05. The van der Waals surface area contributed by atoms with E-state index >= 15 is 0 Å². The number of sulfonamides is 1. The standard InChI is InChI=1S/C23H23BrN2O6S/c1-32-23(29)15-6-10-17(11-7-15)25-21(27)14-20(22(25)28)26(18-4-2-3-5-18)33(30,31)19-12-8-16(24)9-13-19/h6-13,18,20H,2-5,14H2,1H3. The molecule has 0 N–H and O–H groups in total. The number of ether oxygens (including phenoxy) is 1. The van der Waals surface area contributed by atoms with Gasteiger partial charge in [0.2, 0.25) is 15.9 Å². The second kappa shape index (κ2) is 9.36. The van der Waals surface area contributed by atoms with E-state index in [0.717, 1.165) is 22.2 Å². The molecule has 2 aromatic rings. The van der Waals surface area contributed by atoms with Crippen molar-refractivity contribution < 1.29 is 27.5 Å². The summed E-state index contributed by atoms with van der Waals surface area (Å²) in [4.78, 5) is 39.1. The molecule has 2 amide bonds. The van der Waals surface area contributed by atoms with Crippen molar-refractivity contribution in [3.05, 3.63) is 58.6 Å². The summed E-state index contributed by atoms with van der Waals surface area (Å²) in [7, 11) is -2.75. The van der Waals surface area contributed by atoms with Crippen LogP contribution in [0.2, 0.25) is 0 Å². The van der Waals surface area contributed by atoms with Crippen LogP contribution in [0.4, 0.5) is 5.69 Å². The molecule has 2 fully saturated rings. The number of benzene rings is 2. The molecule has 10 heteroatoms. The number of carbonyl (C=O) groups excluding carboxylic acids is 3. The zero-order valence-electron chi connectivity index (χ0n) is 17.9. The summed E-state index contributed by atoms with van der Waals surface area (Å²) in [5.74, 6) is -1.60. The Hall–Kier alpha value is -2.56. The minimum Gasteiger partial charge on any atom is -0.465 e. The fourth-order valence-electron chi connectivity index (χ4n) is 4.46. The highest BCUT2D eigenvalue weighted by Crippen LogP contribution is 2.36. The Bertz CT molecular complexity index is 1170. The number of nitrogens with zero attached hydrogens (tertiary/aromatic N) is 2. The van der Waals surface area contributed by atoms with E-state index in [4.69, 9.17) is 0 Å².